The molecule has 0 saturated heterocycles. The lowest BCUT2D eigenvalue weighted by Gasteiger charge is -2.06. The second-order valence-corrected chi connectivity index (χ2v) is 4.65. The standard InChI is InChI=1S/C11H22INO4/c1-13-4-2-3-5-15-6-7-16-8-9-17-10-11(12)14/h13H,2-10H2,1H3. The molecule has 0 rings (SSSR count). The zero-order valence-corrected chi connectivity index (χ0v) is 12.5. The number of hydrogen-bond acceptors (Lipinski definition) is 5. The summed E-state index contributed by atoms with van der Waals surface area (Å²) in [5, 5.41) is 3.09. The first-order chi connectivity index (χ1) is 8.27. The molecule has 0 aromatic rings. The third-order valence-electron chi connectivity index (χ3n) is 1.93. The van der Waals surface area contributed by atoms with E-state index >= 15 is 0 Å². The SMILES string of the molecule is CNCCCCOCCOCCOCC(=O)I. The molecule has 0 fully saturated rings. The van der Waals surface area contributed by atoms with E-state index < -0.39 is 0 Å². The van der Waals surface area contributed by atoms with Crippen molar-refractivity contribution >= 4 is 26.4 Å². The van der Waals surface area contributed by atoms with Gasteiger partial charge in [0.05, 0.1) is 26.4 Å². The van der Waals surface area contributed by atoms with Gasteiger partial charge in [-0.05, 0) is 26.4 Å². The molecule has 17 heavy (non-hydrogen) atoms. The lowest BCUT2D eigenvalue weighted by Crippen LogP contribution is -2.12. The van der Waals surface area contributed by atoms with Crippen molar-refractivity contribution in [3.8, 4) is 0 Å². The highest BCUT2D eigenvalue weighted by Crippen LogP contribution is 1.89. The van der Waals surface area contributed by atoms with Gasteiger partial charge in [-0.1, -0.05) is 0 Å². The average Bonchev–Trinajstić information content (AvgIpc) is 2.30. The fraction of sp³-hybridized carbons (Fsp3) is 0.909. The molecule has 1 N–H and O–H groups in total. The number of halogens is 1. The quantitative estimate of drug-likeness (QED) is 0.302. The zero-order chi connectivity index (χ0) is 12.8. The van der Waals surface area contributed by atoms with Crippen LogP contribution in [0.25, 0.3) is 0 Å². The zero-order valence-electron chi connectivity index (χ0n) is 10.4. The number of rotatable bonds is 13. The smallest absolute Gasteiger partial charge is 0.217 e. The van der Waals surface area contributed by atoms with E-state index in [0.717, 1.165) is 26.0 Å². The Morgan fingerprint density at radius 1 is 1.00 bits per heavy atom. The topological polar surface area (TPSA) is 56.8 Å². The maximum Gasteiger partial charge on any atom is 0.217 e. The van der Waals surface area contributed by atoms with E-state index in [-0.39, 0.29) is 10.4 Å². The monoisotopic (exact) mass is 359 g/mol. The highest BCUT2D eigenvalue weighted by molar-refractivity contribution is 14.1. The van der Waals surface area contributed by atoms with Crippen LogP contribution in [0.5, 0.6) is 0 Å². The number of carbonyl (C=O) groups is 1. The Morgan fingerprint density at radius 3 is 2.18 bits per heavy atom. The van der Waals surface area contributed by atoms with Gasteiger partial charge in [0.1, 0.15) is 6.61 Å². The summed E-state index contributed by atoms with van der Waals surface area (Å²) in [7, 11) is 1.95. The van der Waals surface area contributed by atoms with Crippen molar-refractivity contribution in [2.24, 2.45) is 0 Å². The largest absolute Gasteiger partial charge is 0.379 e. The number of nitrogens with one attached hydrogen (secondary N) is 1. The average molecular weight is 359 g/mol. The Bertz CT molecular complexity index is 181. The molecular formula is C11H22INO4. The number of hydrogen-bond donors (Lipinski definition) is 1. The molecule has 0 heterocycles. The van der Waals surface area contributed by atoms with Gasteiger partial charge in [0.25, 0.3) is 0 Å². The van der Waals surface area contributed by atoms with Gasteiger partial charge in [-0.3, -0.25) is 4.79 Å². The van der Waals surface area contributed by atoms with Crippen LogP contribution in [0.4, 0.5) is 0 Å². The second-order valence-electron chi connectivity index (χ2n) is 3.44. The second kappa shape index (κ2) is 14.3. The van der Waals surface area contributed by atoms with Crippen molar-refractivity contribution in [2.75, 3.05) is 53.2 Å². The molecule has 0 aliphatic rings. The molecule has 0 saturated carbocycles. The van der Waals surface area contributed by atoms with Gasteiger partial charge in [-0.25, -0.2) is 0 Å². The molecular weight excluding hydrogens is 337 g/mol. The van der Waals surface area contributed by atoms with E-state index in [1.54, 1.807) is 22.6 Å². The number of ether oxygens (including phenoxy) is 3. The van der Waals surface area contributed by atoms with Gasteiger partial charge in [-0.2, -0.15) is 0 Å². The predicted molar refractivity (Wildman–Crippen MR) is 74.6 cm³/mol. The Hall–Kier alpha value is 0.240. The van der Waals surface area contributed by atoms with Crippen LogP contribution in [0.15, 0.2) is 0 Å². The highest BCUT2D eigenvalue weighted by Gasteiger charge is 1.95. The molecule has 0 amide bonds. The molecule has 0 aromatic carbocycles. The third kappa shape index (κ3) is 16.2. The molecule has 0 aliphatic carbocycles. The molecule has 6 heteroatoms. The van der Waals surface area contributed by atoms with Crippen LogP contribution in [0.2, 0.25) is 0 Å². The maximum atomic E-state index is 10.5. The molecule has 0 aromatic heterocycles. The first-order valence-electron chi connectivity index (χ1n) is 5.83. The third-order valence-corrected chi connectivity index (χ3v) is 2.24. The van der Waals surface area contributed by atoms with Crippen LogP contribution in [0.1, 0.15) is 12.8 Å². The van der Waals surface area contributed by atoms with E-state index in [2.05, 4.69) is 5.32 Å². The normalized spacial score (nSPS) is 10.7. The van der Waals surface area contributed by atoms with Crippen molar-refractivity contribution in [3.05, 3.63) is 0 Å². The molecule has 0 unspecified atom stereocenters. The van der Waals surface area contributed by atoms with E-state index in [4.69, 9.17) is 14.2 Å². The lowest BCUT2D eigenvalue weighted by molar-refractivity contribution is -0.114. The van der Waals surface area contributed by atoms with Crippen molar-refractivity contribution in [1.82, 2.24) is 5.32 Å². The van der Waals surface area contributed by atoms with Crippen molar-refractivity contribution in [3.63, 3.8) is 0 Å². The van der Waals surface area contributed by atoms with Gasteiger partial charge < -0.3 is 19.5 Å². The summed E-state index contributed by atoms with van der Waals surface area (Å²) in [6, 6.07) is 0. The molecule has 102 valence electrons. The van der Waals surface area contributed by atoms with E-state index in [1.807, 2.05) is 7.05 Å². The first kappa shape index (κ1) is 17.2. The van der Waals surface area contributed by atoms with Gasteiger partial charge >= 0.3 is 0 Å². The van der Waals surface area contributed by atoms with Gasteiger partial charge in [0, 0.05) is 29.2 Å². The minimum atomic E-state index is 0.00695. The van der Waals surface area contributed by atoms with Crippen LogP contribution in [0, 0.1) is 0 Å². The van der Waals surface area contributed by atoms with Crippen molar-refractivity contribution in [1.29, 1.82) is 0 Å². The van der Waals surface area contributed by atoms with Gasteiger partial charge in [-0.15, -0.1) is 0 Å². The van der Waals surface area contributed by atoms with Crippen LogP contribution < -0.4 is 5.32 Å². The summed E-state index contributed by atoms with van der Waals surface area (Å²) in [4.78, 5) is 10.5. The number of carbonyl (C=O) groups excluding carboxylic acids is 1. The minimum absolute atomic E-state index is 0.00695. The van der Waals surface area contributed by atoms with Crippen molar-refractivity contribution in [2.45, 2.75) is 12.8 Å². The molecule has 0 bridgehead atoms. The minimum Gasteiger partial charge on any atom is -0.379 e. The summed E-state index contributed by atoms with van der Waals surface area (Å²) < 4.78 is 15.7. The lowest BCUT2D eigenvalue weighted by atomic mass is 10.3. The molecule has 0 aliphatic heterocycles. The Morgan fingerprint density at radius 2 is 1.59 bits per heavy atom. The maximum absolute atomic E-state index is 10.5. The summed E-state index contributed by atoms with van der Waals surface area (Å²) in [5.74, 6) is 0. The summed E-state index contributed by atoms with van der Waals surface area (Å²) >= 11 is 1.71. The van der Waals surface area contributed by atoms with Crippen LogP contribution in [0.3, 0.4) is 0 Å². The fourth-order valence-corrected chi connectivity index (χ4v) is 1.32. The molecule has 0 atom stereocenters. The van der Waals surface area contributed by atoms with Crippen LogP contribution in [-0.2, 0) is 19.0 Å². The van der Waals surface area contributed by atoms with Gasteiger partial charge in [0.15, 0.2) is 0 Å². The molecule has 0 spiro atoms. The Kier molecular flexibility index (Phi) is 14.5. The first-order valence-corrected chi connectivity index (χ1v) is 6.91. The summed E-state index contributed by atoms with van der Waals surface area (Å²) in [5.41, 5.74) is 0. The van der Waals surface area contributed by atoms with Crippen LogP contribution >= 0.6 is 22.6 Å². The summed E-state index contributed by atoms with van der Waals surface area (Å²) in [6.07, 6.45) is 2.21. The van der Waals surface area contributed by atoms with E-state index in [9.17, 15) is 4.79 Å². The highest BCUT2D eigenvalue weighted by atomic mass is 127. The Balaban J connectivity index is 2.91. The predicted octanol–water partition coefficient (Wildman–Crippen LogP) is 0.997. The van der Waals surface area contributed by atoms with Crippen LogP contribution in [-0.4, -0.2) is 57.0 Å². The van der Waals surface area contributed by atoms with Gasteiger partial charge in [0.2, 0.25) is 3.79 Å². The Labute approximate surface area is 117 Å². The van der Waals surface area contributed by atoms with Crippen molar-refractivity contribution < 1.29 is 19.0 Å². The summed E-state index contributed by atoms with van der Waals surface area (Å²) in [6.45, 7) is 4.13. The van der Waals surface area contributed by atoms with E-state index in [0.29, 0.717) is 26.4 Å². The van der Waals surface area contributed by atoms with E-state index in [1.165, 1.54) is 0 Å². The molecule has 5 nitrogen and oxygen atoms in total. The fourth-order valence-electron chi connectivity index (χ4n) is 1.10. The molecule has 0 radical (unpaired) electrons. The number of unbranched alkanes of at least 4 members (excludes halogenated alkanes) is 1.